The van der Waals surface area contributed by atoms with Crippen LogP contribution in [-0.2, 0) is 42.2 Å². The number of aliphatic hydroxyl groups excluding tert-OH is 3. The molecule has 0 aromatic rings. The molecule has 0 radical (unpaired) electrons. The number of carboxylic acids is 1. The highest BCUT2D eigenvalue weighted by Crippen LogP contribution is 2.43. The van der Waals surface area contributed by atoms with Crippen molar-refractivity contribution in [3.05, 3.63) is 48.6 Å². The monoisotopic (exact) mass is 902 g/mol. The van der Waals surface area contributed by atoms with E-state index in [1.165, 1.54) is 19.3 Å². The molecule has 0 aromatic carbocycles. The number of unbranched alkanes of at least 4 members (excludes halogenated alkanes) is 13. The first-order chi connectivity index (χ1) is 29.8. The molecule has 1 heterocycles. The van der Waals surface area contributed by atoms with Gasteiger partial charge in [-0.2, -0.15) is 0 Å². The molecule has 8 atom stereocenters. The van der Waals surface area contributed by atoms with Gasteiger partial charge in [0.1, 0.15) is 12.6 Å². The Morgan fingerprint density at radius 1 is 0.758 bits per heavy atom. The molecule has 0 bridgehead atoms. The predicted octanol–water partition coefficient (Wildman–Crippen LogP) is 8.28. The van der Waals surface area contributed by atoms with Crippen molar-refractivity contribution in [2.45, 2.75) is 198 Å². The molecule has 0 spiro atoms. The summed E-state index contributed by atoms with van der Waals surface area (Å²) < 4.78 is 38.4. The molecule has 1 fully saturated rings. The minimum absolute atomic E-state index is 0.0360. The van der Waals surface area contributed by atoms with Gasteiger partial charge in [0.15, 0.2) is 12.4 Å². The number of esters is 2. The Bertz CT molecular complexity index is 1360. The van der Waals surface area contributed by atoms with Crippen LogP contribution in [0.3, 0.4) is 0 Å². The van der Waals surface area contributed by atoms with E-state index in [0.29, 0.717) is 32.1 Å². The molecule has 2 unspecified atom stereocenters. The summed E-state index contributed by atoms with van der Waals surface area (Å²) in [5.74, 6) is -2.98. The van der Waals surface area contributed by atoms with Gasteiger partial charge >= 0.3 is 25.7 Å². The zero-order chi connectivity index (χ0) is 45.9. The van der Waals surface area contributed by atoms with Crippen molar-refractivity contribution in [3.8, 4) is 0 Å². The molecule has 0 aliphatic carbocycles. The van der Waals surface area contributed by atoms with Crippen molar-refractivity contribution < 1.29 is 67.5 Å². The van der Waals surface area contributed by atoms with Crippen molar-refractivity contribution in [2.24, 2.45) is 11.7 Å². The van der Waals surface area contributed by atoms with E-state index in [-0.39, 0.29) is 25.2 Å². The van der Waals surface area contributed by atoms with Crippen LogP contribution in [-0.4, -0.2) is 99.8 Å². The van der Waals surface area contributed by atoms with E-state index in [2.05, 4.69) is 42.7 Å². The molecule has 16 heteroatoms. The van der Waals surface area contributed by atoms with Crippen molar-refractivity contribution in [1.29, 1.82) is 0 Å². The Kier molecular flexibility index (Phi) is 33.8. The highest BCUT2D eigenvalue weighted by Gasteiger charge is 2.35. The molecule has 7 N–H and O–H groups in total. The second-order valence-corrected chi connectivity index (χ2v) is 17.5. The Balaban J connectivity index is 2.52. The zero-order valence-corrected chi connectivity index (χ0v) is 38.4. The van der Waals surface area contributed by atoms with Gasteiger partial charge in [0, 0.05) is 25.2 Å². The van der Waals surface area contributed by atoms with Crippen LogP contribution in [0.4, 0.5) is 0 Å². The maximum absolute atomic E-state index is 12.8. The summed E-state index contributed by atoms with van der Waals surface area (Å²) in [5, 5.41) is 39.9. The van der Waals surface area contributed by atoms with Crippen LogP contribution >= 0.6 is 7.82 Å². The van der Waals surface area contributed by atoms with E-state index < -0.39 is 82.3 Å². The summed E-state index contributed by atoms with van der Waals surface area (Å²) in [6.07, 6.45) is 30.7. The quantitative estimate of drug-likeness (QED) is 0.0148. The first kappa shape index (κ1) is 57.3. The van der Waals surface area contributed by atoms with Crippen LogP contribution in [0.1, 0.15) is 162 Å². The number of nitrogens with two attached hydrogens (primary N) is 1. The number of phosphoric ester groups is 1. The fourth-order valence-electron chi connectivity index (χ4n) is 6.60. The Hall–Kier alpha value is -2.72. The first-order valence-electron chi connectivity index (χ1n) is 23.1. The average Bonchev–Trinajstić information content (AvgIpc) is 3.23. The van der Waals surface area contributed by atoms with Crippen LogP contribution in [0, 0.1) is 5.92 Å². The zero-order valence-electron chi connectivity index (χ0n) is 37.5. The maximum atomic E-state index is 12.8. The number of carboxylic acid groups (broad SMARTS) is 1. The Labute approximate surface area is 370 Å². The number of aliphatic carboxylic acids is 1. The fraction of sp³-hybridized carbons (Fsp3) is 0.761. The highest BCUT2D eigenvalue weighted by molar-refractivity contribution is 7.47. The number of hydrogen-bond donors (Lipinski definition) is 6. The van der Waals surface area contributed by atoms with Gasteiger partial charge in [0.05, 0.1) is 31.5 Å². The van der Waals surface area contributed by atoms with E-state index in [1.54, 1.807) is 12.2 Å². The number of rotatable bonds is 38. The maximum Gasteiger partial charge on any atom is 0.472 e. The first-order valence-corrected chi connectivity index (χ1v) is 24.6. The van der Waals surface area contributed by atoms with Crippen LogP contribution in [0.15, 0.2) is 48.6 Å². The summed E-state index contributed by atoms with van der Waals surface area (Å²) in [4.78, 5) is 46.3. The van der Waals surface area contributed by atoms with Gasteiger partial charge in [-0.25, -0.2) is 4.57 Å². The normalized spacial score (nSPS) is 20.8. The second kappa shape index (κ2) is 36.6. The number of allylic oxidation sites excluding steroid dienone is 6. The van der Waals surface area contributed by atoms with Gasteiger partial charge < -0.3 is 45.3 Å². The van der Waals surface area contributed by atoms with Crippen LogP contribution in [0.5, 0.6) is 0 Å². The van der Waals surface area contributed by atoms with Crippen molar-refractivity contribution in [2.75, 3.05) is 19.8 Å². The minimum Gasteiger partial charge on any atom is -0.480 e. The molecule has 358 valence electrons. The van der Waals surface area contributed by atoms with E-state index in [4.69, 9.17) is 29.6 Å². The summed E-state index contributed by atoms with van der Waals surface area (Å²) >= 11 is 0. The molecule has 0 saturated carbocycles. The molecule has 1 aliphatic rings. The van der Waals surface area contributed by atoms with E-state index in [9.17, 15) is 39.2 Å². The van der Waals surface area contributed by atoms with Gasteiger partial charge in [-0.3, -0.25) is 23.4 Å². The number of aliphatic hydroxyl groups is 3. The van der Waals surface area contributed by atoms with E-state index in [1.807, 2.05) is 12.2 Å². The Morgan fingerprint density at radius 2 is 1.34 bits per heavy atom. The molecular formula is C46H80NO14P. The van der Waals surface area contributed by atoms with E-state index in [0.717, 1.165) is 77.0 Å². The molecule has 15 nitrogen and oxygen atoms in total. The number of carbonyl (C=O) groups excluding carboxylic acids is 2. The van der Waals surface area contributed by atoms with Crippen LogP contribution < -0.4 is 5.73 Å². The standard InChI is InChI=1S/C46H80NO14P/c1-3-5-7-8-9-10-11-12-13-14-15-16-17-18-19-20-25-29-43(50)57-34-38(35-58-62(55,56)59-36-40(47)46(53)54)60-44(51)30-26-22-21-24-28-39-41(49)33-45(52)61-42(39)32-31-37(48)27-23-6-4-2/h9-10,12-13,21,24,31-32,37-42,45,48-49,52H,3-8,11,14-20,22-23,25-30,33-36,47H2,1-2H3,(H,53,54)(H,55,56)/b10-9-,13-12-,24-21-,32-31+/t37-,38+,39-,40-,41-,42+,45?/m0/s1. The lowest BCUT2D eigenvalue weighted by Crippen LogP contribution is -2.43. The van der Waals surface area contributed by atoms with Gasteiger partial charge in [0.2, 0.25) is 0 Å². The fourth-order valence-corrected chi connectivity index (χ4v) is 7.38. The van der Waals surface area contributed by atoms with Crippen LogP contribution in [0.2, 0.25) is 0 Å². The largest absolute Gasteiger partial charge is 0.480 e. The molecule has 62 heavy (non-hydrogen) atoms. The van der Waals surface area contributed by atoms with E-state index >= 15 is 0 Å². The highest BCUT2D eigenvalue weighted by atomic mass is 31.2. The lowest BCUT2D eigenvalue weighted by molar-refractivity contribution is -0.199. The van der Waals surface area contributed by atoms with Crippen molar-refractivity contribution in [3.63, 3.8) is 0 Å². The lowest BCUT2D eigenvalue weighted by atomic mass is 9.87. The minimum atomic E-state index is -4.80. The summed E-state index contributed by atoms with van der Waals surface area (Å²) in [5.41, 5.74) is 5.33. The van der Waals surface area contributed by atoms with Gasteiger partial charge in [-0.15, -0.1) is 0 Å². The van der Waals surface area contributed by atoms with Crippen molar-refractivity contribution in [1.82, 2.24) is 0 Å². The summed E-state index contributed by atoms with van der Waals surface area (Å²) in [6.45, 7) is 2.38. The molecule has 0 amide bonds. The van der Waals surface area contributed by atoms with Gasteiger partial charge in [-0.05, 0) is 64.2 Å². The average molecular weight is 902 g/mol. The molecule has 1 saturated heterocycles. The third kappa shape index (κ3) is 31.2. The molecular weight excluding hydrogens is 821 g/mol. The SMILES string of the molecule is CCCCC/C=C\C/C=C\CCCCCCCCCC(=O)OC[C@H](COP(=O)(O)OC[C@H](N)C(=O)O)OC(=O)CCC/C=C\C[C@H]1[C@@H](O)CC(O)O[C@@H]1/C=C/[C@@H](O)CCCCC. The topological polar surface area (TPSA) is 242 Å². The summed E-state index contributed by atoms with van der Waals surface area (Å²) in [6, 6.07) is -1.57. The molecule has 1 aliphatic heterocycles. The Morgan fingerprint density at radius 3 is 2.02 bits per heavy atom. The number of hydrogen-bond acceptors (Lipinski definition) is 13. The van der Waals surface area contributed by atoms with Gasteiger partial charge in [0.25, 0.3) is 0 Å². The third-order valence-electron chi connectivity index (χ3n) is 10.3. The number of ether oxygens (including phenoxy) is 3. The molecule has 0 aromatic heterocycles. The van der Waals surface area contributed by atoms with Gasteiger partial charge in [-0.1, -0.05) is 127 Å². The second-order valence-electron chi connectivity index (χ2n) is 16.1. The predicted molar refractivity (Wildman–Crippen MR) is 239 cm³/mol. The van der Waals surface area contributed by atoms with Crippen molar-refractivity contribution >= 4 is 25.7 Å². The third-order valence-corrected chi connectivity index (χ3v) is 11.3. The number of carbonyl (C=O) groups is 3. The van der Waals surface area contributed by atoms with Crippen LogP contribution in [0.25, 0.3) is 0 Å². The molecule has 1 rings (SSSR count). The lowest BCUT2D eigenvalue weighted by Gasteiger charge is -2.36. The number of phosphoric acid groups is 1. The summed E-state index contributed by atoms with van der Waals surface area (Å²) in [7, 11) is -4.80. The smallest absolute Gasteiger partial charge is 0.472 e.